The van der Waals surface area contributed by atoms with Gasteiger partial charge in [0.2, 0.25) is 5.91 Å². The highest BCUT2D eigenvalue weighted by Gasteiger charge is 2.41. The number of carbonyl (C=O) groups is 2. The third-order valence-corrected chi connectivity index (χ3v) is 6.97. The van der Waals surface area contributed by atoms with Crippen LogP contribution >= 0.6 is 11.8 Å². The first-order chi connectivity index (χ1) is 16.0. The molecule has 1 aromatic rings. The molecule has 1 amide bonds. The molecule has 3 aliphatic heterocycles. The smallest absolute Gasteiger partial charge is 0.338 e. The maximum atomic E-state index is 14.2. The molecule has 176 valence electrons. The van der Waals surface area contributed by atoms with Gasteiger partial charge in [-0.15, -0.1) is 0 Å². The molecule has 0 spiro atoms. The molecule has 1 N–H and O–H groups in total. The van der Waals surface area contributed by atoms with E-state index in [2.05, 4.69) is 15.2 Å². The molecular weight excluding hydrogens is 443 g/mol. The number of ether oxygens (including phenoxy) is 1. The van der Waals surface area contributed by atoms with E-state index in [4.69, 9.17) is 4.74 Å². The number of esters is 1. The maximum Gasteiger partial charge on any atom is 0.338 e. The Morgan fingerprint density at radius 1 is 1.30 bits per heavy atom. The Bertz CT molecular complexity index is 1020. The molecule has 0 unspecified atom stereocenters. The number of nitrogens with zero attached hydrogens (tertiary/aromatic N) is 3. The van der Waals surface area contributed by atoms with Gasteiger partial charge in [-0.25, -0.2) is 14.2 Å². The average molecular weight is 473 g/mol. The largest absolute Gasteiger partial charge is 0.466 e. The Kier molecular flexibility index (Phi) is 7.49. The van der Waals surface area contributed by atoms with Gasteiger partial charge in [0.05, 0.1) is 30.8 Å². The van der Waals surface area contributed by atoms with Crippen LogP contribution in [0.1, 0.15) is 44.2 Å². The molecule has 0 radical (unpaired) electrons. The molecule has 3 aliphatic rings. The number of thioether (sulfide) groups is 1. The van der Waals surface area contributed by atoms with Crippen molar-refractivity contribution in [2.75, 3.05) is 33.3 Å². The number of fused-ring (bicyclic) bond motifs is 1. The number of amidine groups is 1. The Morgan fingerprint density at radius 3 is 2.79 bits per heavy atom. The molecule has 4 rings (SSSR count). The van der Waals surface area contributed by atoms with Crippen LogP contribution in [0.2, 0.25) is 0 Å². The summed E-state index contributed by atoms with van der Waals surface area (Å²) < 4.78 is 19.2. The molecule has 33 heavy (non-hydrogen) atoms. The zero-order chi connectivity index (χ0) is 23.4. The van der Waals surface area contributed by atoms with Gasteiger partial charge in [-0.3, -0.25) is 4.79 Å². The average Bonchev–Trinajstić information content (AvgIpc) is 3.47. The number of methoxy groups -OCH3 is 1. The van der Waals surface area contributed by atoms with Crippen LogP contribution in [-0.4, -0.2) is 60.1 Å². The van der Waals surface area contributed by atoms with Crippen LogP contribution < -0.4 is 5.32 Å². The number of hydrogen-bond acceptors (Lipinski definition) is 7. The SMILES string of the molecule is CCC1=C(C(=O)OC)[C@@H](c2cccc(F)c2)N2C(CC(=O)NCCN3CCCC3)=CSC2=N1. The van der Waals surface area contributed by atoms with Crippen molar-refractivity contribution in [3.8, 4) is 0 Å². The van der Waals surface area contributed by atoms with Crippen molar-refractivity contribution in [3.05, 3.63) is 58.0 Å². The molecule has 1 aromatic carbocycles. The molecule has 0 saturated carbocycles. The number of likely N-dealkylation sites (tertiary alicyclic amines) is 1. The predicted octanol–water partition coefficient (Wildman–Crippen LogP) is 3.57. The Balaban J connectivity index is 1.57. The fourth-order valence-electron chi connectivity index (χ4n) is 4.49. The minimum Gasteiger partial charge on any atom is -0.466 e. The van der Waals surface area contributed by atoms with Gasteiger partial charge in [0, 0.05) is 18.8 Å². The summed E-state index contributed by atoms with van der Waals surface area (Å²) in [6.45, 7) is 5.53. The van der Waals surface area contributed by atoms with E-state index in [1.807, 2.05) is 17.2 Å². The summed E-state index contributed by atoms with van der Waals surface area (Å²) >= 11 is 1.41. The number of nitrogens with one attached hydrogen (secondary N) is 1. The van der Waals surface area contributed by atoms with Crippen molar-refractivity contribution >= 4 is 28.8 Å². The summed E-state index contributed by atoms with van der Waals surface area (Å²) in [5.41, 5.74) is 2.32. The van der Waals surface area contributed by atoms with E-state index in [0.29, 0.717) is 35.0 Å². The number of aliphatic imine (C=N–C) groups is 1. The van der Waals surface area contributed by atoms with Gasteiger partial charge >= 0.3 is 5.97 Å². The Hall–Kier alpha value is -2.65. The first kappa shape index (κ1) is 23.5. The summed E-state index contributed by atoms with van der Waals surface area (Å²) in [6, 6.07) is 5.57. The fourth-order valence-corrected chi connectivity index (χ4v) is 5.43. The van der Waals surface area contributed by atoms with Gasteiger partial charge in [-0.2, -0.15) is 0 Å². The zero-order valence-electron chi connectivity index (χ0n) is 19.0. The van der Waals surface area contributed by atoms with Crippen LogP contribution in [-0.2, 0) is 14.3 Å². The molecule has 0 bridgehead atoms. The van der Waals surface area contributed by atoms with Gasteiger partial charge in [0.15, 0.2) is 5.17 Å². The quantitative estimate of drug-likeness (QED) is 0.583. The van der Waals surface area contributed by atoms with Crippen LogP contribution in [0.3, 0.4) is 0 Å². The molecule has 9 heteroatoms. The topological polar surface area (TPSA) is 74.2 Å². The van der Waals surface area contributed by atoms with Gasteiger partial charge in [-0.1, -0.05) is 30.8 Å². The van der Waals surface area contributed by atoms with E-state index < -0.39 is 17.8 Å². The van der Waals surface area contributed by atoms with Gasteiger partial charge in [0.25, 0.3) is 0 Å². The van der Waals surface area contributed by atoms with E-state index in [-0.39, 0.29) is 12.3 Å². The highest BCUT2D eigenvalue weighted by Crippen LogP contribution is 2.45. The van der Waals surface area contributed by atoms with Gasteiger partial charge in [-0.05, 0) is 55.5 Å². The van der Waals surface area contributed by atoms with Crippen LogP contribution in [0.15, 0.2) is 51.6 Å². The second-order valence-electron chi connectivity index (χ2n) is 8.23. The molecule has 0 aromatic heterocycles. The maximum absolute atomic E-state index is 14.2. The molecule has 1 fully saturated rings. The van der Waals surface area contributed by atoms with Crippen molar-refractivity contribution in [1.29, 1.82) is 0 Å². The summed E-state index contributed by atoms with van der Waals surface area (Å²) in [4.78, 5) is 34.4. The summed E-state index contributed by atoms with van der Waals surface area (Å²) in [6.07, 6.45) is 3.10. The van der Waals surface area contributed by atoms with E-state index in [1.165, 1.54) is 43.8 Å². The summed E-state index contributed by atoms with van der Waals surface area (Å²) in [5.74, 6) is -0.990. The lowest BCUT2D eigenvalue weighted by atomic mass is 9.93. The summed E-state index contributed by atoms with van der Waals surface area (Å²) in [5, 5.41) is 5.56. The molecule has 3 heterocycles. The second-order valence-corrected chi connectivity index (χ2v) is 9.07. The van der Waals surface area contributed by atoms with Crippen molar-refractivity contribution in [1.82, 2.24) is 15.1 Å². The second kappa shape index (κ2) is 10.5. The number of hydrogen-bond donors (Lipinski definition) is 1. The monoisotopic (exact) mass is 472 g/mol. The molecular formula is C24H29FN4O3S. The lowest BCUT2D eigenvalue weighted by Gasteiger charge is -2.36. The van der Waals surface area contributed by atoms with Crippen molar-refractivity contribution in [2.45, 2.75) is 38.6 Å². The molecule has 7 nitrogen and oxygen atoms in total. The normalized spacial score (nSPS) is 20.5. The summed E-state index contributed by atoms with van der Waals surface area (Å²) in [7, 11) is 1.33. The lowest BCUT2D eigenvalue weighted by molar-refractivity contribution is -0.136. The minimum absolute atomic E-state index is 0.0924. The highest BCUT2D eigenvalue weighted by molar-refractivity contribution is 8.16. The third-order valence-electron chi connectivity index (χ3n) is 6.08. The standard InChI is InChI=1S/C24H29FN4O3S/c1-3-19-21(23(31)32-2)22(16-7-6-8-17(25)13-16)29-18(15-33-24(29)27-19)14-20(30)26-9-12-28-10-4-5-11-28/h6-8,13,15,22H,3-5,9-12,14H2,1-2H3,(H,26,30)/t22-/m1/s1. The first-order valence-corrected chi connectivity index (χ1v) is 12.2. The van der Waals surface area contributed by atoms with Gasteiger partial charge < -0.3 is 19.9 Å². The number of benzene rings is 1. The molecule has 1 saturated heterocycles. The number of halogens is 1. The Morgan fingerprint density at radius 2 is 2.09 bits per heavy atom. The van der Waals surface area contributed by atoms with Crippen LogP contribution in [0.5, 0.6) is 0 Å². The van der Waals surface area contributed by atoms with E-state index in [0.717, 1.165) is 25.3 Å². The van der Waals surface area contributed by atoms with Crippen LogP contribution in [0.4, 0.5) is 4.39 Å². The molecule has 1 atom stereocenters. The third kappa shape index (κ3) is 5.14. The fraction of sp³-hybridized carbons (Fsp3) is 0.458. The number of rotatable bonds is 8. The minimum atomic E-state index is -0.616. The van der Waals surface area contributed by atoms with Crippen molar-refractivity contribution in [2.24, 2.45) is 4.99 Å². The number of carbonyl (C=O) groups excluding carboxylic acids is 2. The van der Waals surface area contributed by atoms with Crippen molar-refractivity contribution < 1.29 is 18.7 Å². The first-order valence-electron chi connectivity index (χ1n) is 11.3. The van der Waals surface area contributed by atoms with Crippen LogP contribution in [0.25, 0.3) is 0 Å². The Labute approximate surface area is 197 Å². The predicted molar refractivity (Wildman–Crippen MR) is 127 cm³/mol. The number of amides is 1. The van der Waals surface area contributed by atoms with Crippen molar-refractivity contribution in [3.63, 3.8) is 0 Å². The van der Waals surface area contributed by atoms with Gasteiger partial charge in [0.1, 0.15) is 5.82 Å². The van der Waals surface area contributed by atoms with E-state index in [1.54, 1.807) is 12.1 Å². The number of allylic oxidation sites excluding steroid dienone is 1. The van der Waals surface area contributed by atoms with Crippen LogP contribution in [0, 0.1) is 5.82 Å². The zero-order valence-corrected chi connectivity index (χ0v) is 19.8. The van der Waals surface area contributed by atoms with E-state index in [9.17, 15) is 14.0 Å². The van der Waals surface area contributed by atoms with E-state index >= 15 is 0 Å². The highest BCUT2D eigenvalue weighted by atomic mass is 32.2. The molecule has 0 aliphatic carbocycles. The lowest BCUT2D eigenvalue weighted by Crippen LogP contribution is -2.39.